The van der Waals surface area contributed by atoms with Crippen LogP contribution >= 0.6 is 22.9 Å². The minimum Gasteiger partial charge on any atom is -0.481 e. The Hall–Kier alpha value is -4.16. The second-order valence-electron chi connectivity index (χ2n) is 10.3. The Kier molecular flexibility index (Phi) is 8.93. The summed E-state index contributed by atoms with van der Waals surface area (Å²) in [5.41, 5.74) is 1.63. The van der Waals surface area contributed by atoms with E-state index < -0.39 is 53.1 Å². The first-order valence-corrected chi connectivity index (χ1v) is 16.4. The van der Waals surface area contributed by atoms with Crippen molar-refractivity contribution < 1.29 is 31.5 Å². The predicted molar refractivity (Wildman–Crippen MR) is 163 cm³/mol. The number of aromatic nitrogens is 4. The monoisotopic (exact) mass is 692 g/mol. The average Bonchev–Trinajstić information content (AvgIpc) is 3.77. The van der Waals surface area contributed by atoms with Crippen LogP contribution in [0, 0.1) is 5.82 Å². The van der Waals surface area contributed by atoms with Gasteiger partial charge in [-0.2, -0.15) is 31.7 Å². The van der Waals surface area contributed by atoms with Gasteiger partial charge in [0, 0.05) is 64.8 Å². The zero-order chi connectivity index (χ0) is 32.6. The molecule has 0 bridgehead atoms. The molecule has 3 N–H and O–H groups in total. The maximum absolute atomic E-state index is 14.1. The molecule has 12 nitrogen and oxygen atoms in total. The summed E-state index contributed by atoms with van der Waals surface area (Å²) in [5, 5.41) is 15.8. The van der Waals surface area contributed by atoms with Gasteiger partial charge >= 0.3 is 12.5 Å². The number of aliphatic carboxylic acids is 1. The van der Waals surface area contributed by atoms with Gasteiger partial charge in [-0.1, -0.05) is 23.7 Å². The number of benzene rings is 1. The molecule has 0 spiro atoms. The Morgan fingerprint density at radius 3 is 2.65 bits per heavy atom. The van der Waals surface area contributed by atoms with Gasteiger partial charge in [0.25, 0.3) is 10.2 Å². The molecule has 6 rings (SSSR count). The van der Waals surface area contributed by atoms with Crippen LogP contribution in [0.1, 0.15) is 53.4 Å². The highest BCUT2D eigenvalue weighted by Crippen LogP contribution is 2.46. The van der Waals surface area contributed by atoms with E-state index >= 15 is 0 Å². The van der Waals surface area contributed by atoms with Crippen molar-refractivity contribution in [2.75, 3.05) is 6.54 Å². The summed E-state index contributed by atoms with van der Waals surface area (Å²) in [6, 6.07) is 7.02. The van der Waals surface area contributed by atoms with E-state index in [1.54, 1.807) is 28.6 Å². The van der Waals surface area contributed by atoms with Gasteiger partial charge in [-0.25, -0.2) is 14.1 Å². The van der Waals surface area contributed by atoms with Gasteiger partial charge in [-0.05, 0) is 30.3 Å². The van der Waals surface area contributed by atoms with Crippen molar-refractivity contribution in [3.8, 4) is 0 Å². The van der Waals surface area contributed by atoms with Crippen molar-refractivity contribution in [3.05, 3.63) is 105 Å². The maximum Gasteiger partial charge on any atom is 0.333 e. The van der Waals surface area contributed by atoms with Crippen LogP contribution in [0.25, 0.3) is 5.57 Å². The quantitative estimate of drug-likeness (QED) is 0.207. The maximum atomic E-state index is 14.1. The van der Waals surface area contributed by atoms with E-state index in [1.165, 1.54) is 41.8 Å². The summed E-state index contributed by atoms with van der Waals surface area (Å²) in [6.07, 6.45) is 3.61. The highest BCUT2D eigenvalue weighted by molar-refractivity contribution is 7.87. The first-order valence-electron chi connectivity index (χ1n) is 13.7. The number of pyridine rings is 1. The smallest absolute Gasteiger partial charge is 0.333 e. The molecule has 3 aromatic heterocycles. The lowest BCUT2D eigenvalue weighted by Crippen LogP contribution is -2.46. The number of carboxylic acid groups (broad SMARTS) is 1. The number of nitrogens with zero attached hydrogens (tertiary/aromatic N) is 6. The molecule has 2 aliphatic rings. The number of thiazole rings is 1. The molecule has 0 radical (unpaired) electrons. The van der Waals surface area contributed by atoms with E-state index in [0.717, 1.165) is 12.3 Å². The number of nitrogens with one attached hydrogen (secondary N) is 2. The third kappa shape index (κ3) is 6.68. The van der Waals surface area contributed by atoms with Gasteiger partial charge in [0.15, 0.2) is 10.8 Å². The molecule has 1 aromatic carbocycles. The summed E-state index contributed by atoms with van der Waals surface area (Å²) >= 11 is 7.77. The second-order valence-corrected chi connectivity index (χ2v) is 13.1. The van der Waals surface area contributed by atoms with Gasteiger partial charge in [-0.15, -0.1) is 11.3 Å². The lowest BCUT2D eigenvalue weighted by Gasteiger charge is -2.32. The molecular formula is C28H24ClF3N8O4S2. The molecule has 46 heavy (non-hydrogen) atoms. The normalized spacial score (nSPS) is 19.0. The largest absolute Gasteiger partial charge is 0.481 e. The van der Waals surface area contributed by atoms with Gasteiger partial charge in [0.05, 0.1) is 23.9 Å². The molecule has 1 saturated heterocycles. The fraction of sp³-hybridized carbons (Fsp3) is 0.250. The summed E-state index contributed by atoms with van der Waals surface area (Å²) in [7, 11) is -4.33. The van der Waals surface area contributed by atoms with E-state index in [1.807, 2.05) is 0 Å². The number of halogens is 4. The lowest BCUT2D eigenvalue weighted by molar-refractivity contribution is -0.137. The van der Waals surface area contributed by atoms with Crippen LogP contribution in [-0.2, 0) is 15.0 Å². The number of alkyl halides is 2. The van der Waals surface area contributed by atoms with Crippen molar-refractivity contribution in [3.63, 3.8) is 0 Å². The van der Waals surface area contributed by atoms with Crippen molar-refractivity contribution in [1.82, 2.24) is 34.1 Å². The number of hydrogen-bond acceptors (Lipinski definition) is 9. The van der Waals surface area contributed by atoms with E-state index in [9.17, 15) is 31.5 Å². The van der Waals surface area contributed by atoms with Crippen molar-refractivity contribution >= 4 is 50.5 Å². The Balaban J connectivity index is 1.40. The van der Waals surface area contributed by atoms with Gasteiger partial charge < -0.3 is 10.0 Å². The number of fused-ring (bicyclic) bond motifs is 1. The number of hydrogen-bond donors (Lipinski definition) is 3. The molecule has 0 saturated carbocycles. The highest BCUT2D eigenvalue weighted by atomic mass is 35.5. The summed E-state index contributed by atoms with van der Waals surface area (Å²) in [4.78, 5) is 26.7. The van der Waals surface area contributed by atoms with Crippen LogP contribution in [0.5, 0.6) is 0 Å². The molecule has 3 atom stereocenters. The van der Waals surface area contributed by atoms with E-state index in [4.69, 9.17) is 16.6 Å². The molecule has 1 fully saturated rings. The number of rotatable bonds is 11. The fourth-order valence-electron chi connectivity index (χ4n) is 5.44. The van der Waals surface area contributed by atoms with E-state index in [0.29, 0.717) is 32.4 Å². The Morgan fingerprint density at radius 2 is 2.00 bits per heavy atom. The Morgan fingerprint density at radius 1 is 1.17 bits per heavy atom. The molecule has 5 heterocycles. The van der Waals surface area contributed by atoms with Crippen LogP contribution in [-0.4, -0.2) is 62.6 Å². The second kappa shape index (κ2) is 12.9. The molecule has 0 aliphatic carbocycles. The summed E-state index contributed by atoms with van der Waals surface area (Å²) in [6.45, 7) is -2.86. The molecule has 0 amide bonds. The molecule has 240 valence electrons. The number of carboxylic acids is 1. The van der Waals surface area contributed by atoms with Crippen molar-refractivity contribution in [1.29, 1.82) is 0 Å². The molecule has 18 heteroatoms. The van der Waals surface area contributed by atoms with Gasteiger partial charge in [-0.3, -0.25) is 14.8 Å². The molecule has 1 unspecified atom stereocenters. The van der Waals surface area contributed by atoms with Crippen LogP contribution in [0.3, 0.4) is 0 Å². The first-order chi connectivity index (χ1) is 22.0. The topological polar surface area (TPSA) is 155 Å². The average molecular weight is 693 g/mol. The van der Waals surface area contributed by atoms with E-state index in [2.05, 4.69) is 24.5 Å². The minimum absolute atomic E-state index is 0.0468. The standard InChI is InChI=1S/C28H24ClF3N8O4S2/c29-18-11-15(30)4-5-17(18)25-24(20-6-9-40(36-20)28(31)32)22-12-16(14-39(22)26(35-25)27-34-8-10-45-27)37-46(43,44)38-21(13-23(41)42)19-3-1-2-7-33-19/h1-11,16,21,25,28,37-38H,12-14H2,(H,41,42)/t16-,21?,25-/m0/s1. The highest BCUT2D eigenvalue weighted by Gasteiger charge is 2.42. The fourth-order valence-corrected chi connectivity index (χ4v) is 7.59. The predicted octanol–water partition coefficient (Wildman–Crippen LogP) is 4.55. The SMILES string of the molecule is O=C(O)CC(NS(=O)(=O)N[C@H]1CC2=C(c3ccn(C(F)F)n3)[C@H](c3ccc(F)cc3Cl)N=C(c3nccs3)N2C1)c1ccccn1. The molecular weight excluding hydrogens is 669 g/mol. The third-order valence-electron chi connectivity index (χ3n) is 7.27. The minimum atomic E-state index is -4.33. The zero-order valence-electron chi connectivity index (χ0n) is 23.5. The van der Waals surface area contributed by atoms with Crippen molar-refractivity contribution in [2.45, 2.75) is 37.5 Å². The molecule has 4 aromatic rings. The number of aliphatic imine (C=N–C) groups is 1. The third-order valence-corrected chi connectivity index (χ3v) is 9.60. The van der Waals surface area contributed by atoms with Gasteiger partial charge in [0.2, 0.25) is 0 Å². The van der Waals surface area contributed by atoms with Crippen LogP contribution < -0.4 is 9.44 Å². The van der Waals surface area contributed by atoms with Crippen LogP contribution in [0.15, 0.2) is 77.1 Å². The number of carbonyl (C=O) groups is 1. The summed E-state index contributed by atoms with van der Waals surface area (Å²) in [5.74, 6) is -1.44. The van der Waals surface area contributed by atoms with Crippen LogP contribution in [0.4, 0.5) is 13.2 Å². The summed E-state index contributed by atoms with van der Waals surface area (Å²) < 4.78 is 73.5. The van der Waals surface area contributed by atoms with Crippen molar-refractivity contribution in [2.24, 2.45) is 4.99 Å². The number of amidine groups is 1. The zero-order valence-corrected chi connectivity index (χ0v) is 25.9. The Labute approximate surface area is 269 Å². The van der Waals surface area contributed by atoms with E-state index in [-0.39, 0.29) is 29.4 Å². The Bertz CT molecular complexity index is 1920. The lowest BCUT2D eigenvalue weighted by atomic mass is 9.92. The first kappa shape index (κ1) is 31.8. The molecule has 2 aliphatic heterocycles. The van der Waals surface area contributed by atoms with Gasteiger partial charge in [0.1, 0.15) is 11.9 Å². The van der Waals surface area contributed by atoms with Crippen LogP contribution in [0.2, 0.25) is 5.02 Å².